The van der Waals surface area contributed by atoms with Gasteiger partial charge in [0.1, 0.15) is 6.04 Å². The summed E-state index contributed by atoms with van der Waals surface area (Å²) >= 11 is 0. The largest absolute Gasteiger partial charge is 0.480 e. The Balaban J connectivity index is 1.94. The first-order valence-electron chi connectivity index (χ1n) is 7.47. The zero-order valence-electron chi connectivity index (χ0n) is 11.9. The number of carbonyl (C=O) groups excluding carboxylic acids is 1. The van der Waals surface area contributed by atoms with Crippen LogP contribution in [0, 0.1) is 11.8 Å². The number of carboxylic acid groups (broad SMARTS) is 1. The van der Waals surface area contributed by atoms with Crippen molar-refractivity contribution in [3.63, 3.8) is 0 Å². The van der Waals surface area contributed by atoms with E-state index >= 15 is 0 Å². The summed E-state index contributed by atoms with van der Waals surface area (Å²) in [6.45, 7) is 0.490. The van der Waals surface area contributed by atoms with Crippen LogP contribution in [0.5, 0.6) is 0 Å². The average molecular weight is 288 g/mol. The number of nitrogens with two attached hydrogens (primary N) is 1. The van der Waals surface area contributed by atoms with Crippen molar-refractivity contribution in [2.45, 2.75) is 31.7 Å². The van der Waals surface area contributed by atoms with Gasteiger partial charge in [-0.3, -0.25) is 9.69 Å². The molecular weight excluding hydrogens is 268 g/mol. The van der Waals surface area contributed by atoms with Gasteiger partial charge in [-0.05, 0) is 36.9 Å². The van der Waals surface area contributed by atoms with Crippen LogP contribution in [-0.2, 0) is 16.0 Å². The van der Waals surface area contributed by atoms with E-state index in [1.54, 1.807) is 0 Å². The van der Waals surface area contributed by atoms with Crippen molar-refractivity contribution in [3.05, 3.63) is 29.8 Å². The molecule has 21 heavy (non-hydrogen) atoms. The van der Waals surface area contributed by atoms with Gasteiger partial charge in [0.2, 0.25) is 5.91 Å². The van der Waals surface area contributed by atoms with Crippen molar-refractivity contribution in [3.8, 4) is 0 Å². The van der Waals surface area contributed by atoms with Gasteiger partial charge in [-0.2, -0.15) is 0 Å². The Bertz CT molecular complexity index is 572. The van der Waals surface area contributed by atoms with E-state index in [0.717, 1.165) is 30.5 Å². The number of aliphatic carboxylic acids is 1. The average Bonchev–Trinajstić information content (AvgIpc) is 3.10. The van der Waals surface area contributed by atoms with Crippen LogP contribution >= 0.6 is 0 Å². The molecule has 1 saturated carbocycles. The molecule has 0 saturated heterocycles. The summed E-state index contributed by atoms with van der Waals surface area (Å²) in [5, 5.41) is 9.45. The number of hydrogen-bond donors (Lipinski definition) is 2. The molecule has 3 unspecified atom stereocenters. The second kappa shape index (κ2) is 5.48. The highest BCUT2D eigenvalue weighted by Gasteiger charge is 2.43. The highest BCUT2D eigenvalue weighted by Crippen LogP contribution is 2.38. The van der Waals surface area contributed by atoms with Crippen LogP contribution in [-0.4, -0.2) is 29.6 Å². The number of fused-ring (bicyclic) bond motifs is 1. The molecular formula is C16H20N2O3. The third-order valence-electron chi connectivity index (χ3n) is 4.78. The first-order valence-corrected chi connectivity index (χ1v) is 7.47. The summed E-state index contributed by atoms with van der Waals surface area (Å²) in [6, 6.07) is 6.67. The Kier molecular flexibility index (Phi) is 3.68. The third-order valence-corrected chi connectivity index (χ3v) is 4.78. The van der Waals surface area contributed by atoms with Gasteiger partial charge < -0.3 is 10.8 Å². The van der Waals surface area contributed by atoms with E-state index in [1.807, 2.05) is 24.3 Å². The number of carbonyl (C=O) groups is 2. The van der Waals surface area contributed by atoms with Crippen LogP contribution in [0.25, 0.3) is 0 Å². The van der Waals surface area contributed by atoms with E-state index in [0.29, 0.717) is 13.0 Å². The normalized spacial score (nSPS) is 27.7. The second-order valence-electron chi connectivity index (χ2n) is 5.93. The number of para-hydroxylation sites is 1. The molecule has 0 spiro atoms. The summed E-state index contributed by atoms with van der Waals surface area (Å²) in [6.07, 6.45) is 3.15. The summed E-state index contributed by atoms with van der Waals surface area (Å²) in [5.41, 5.74) is 7.44. The van der Waals surface area contributed by atoms with Crippen molar-refractivity contribution in [1.29, 1.82) is 0 Å². The molecule has 1 aliphatic carbocycles. The lowest BCUT2D eigenvalue weighted by Crippen LogP contribution is -2.47. The molecule has 2 aliphatic rings. The Morgan fingerprint density at radius 3 is 2.76 bits per heavy atom. The molecule has 0 bridgehead atoms. The molecule has 3 N–H and O–H groups in total. The van der Waals surface area contributed by atoms with E-state index in [2.05, 4.69) is 0 Å². The van der Waals surface area contributed by atoms with Gasteiger partial charge in [0, 0.05) is 18.0 Å². The summed E-state index contributed by atoms with van der Waals surface area (Å²) in [7, 11) is 0. The Morgan fingerprint density at radius 1 is 1.29 bits per heavy atom. The minimum Gasteiger partial charge on any atom is -0.480 e. The standard InChI is InChI=1S/C16H20N2O3/c17-9-11-5-3-6-12(11)15(19)18-13-7-2-1-4-10(13)8-14(18)16(20)21/h1-2,4,7,11-12,14H,3,5-6,8-9,17H2,(H,20,21). The van der Waals surface area contributed by atoms with Crippen LogP contribution in [0.2, 0.25) is 0 Å². The first-order chi connectivity index (χ1) is 10.1. The van der Waals surface area contributed by atoms with Crippen LogP contribution in [0.3, 0.4) is 0 Å². The molecule has 3 rings (SSSR count). The van der Waals surface area contributed by atoms with E-state index in [-0.39, 0.29) is 17.7 Å². The molecule has 1 heterocycles. The Labute approximate surface area is 123 Å². The van der Waals surface area contributed by atoms with Gasteiger partial charge >= 0.3 is 5.97 Å². The van der Waals surface area contributed by atoms with Crippen LogP contribution in [0.4, 0.5) is 5.69 Å². The lowest BCUT2D eigenvalue weighted by Gasteiger charge is -2.28. The number of hydrogen-bond acceptors (Lipinski definition) is 3. The summed E-state index contributed by atoms with van der Waals surface area (Å²) in [4.78, 5) is 25.9. The van der Waals surface area contributed by atoms with Gasteiger partial charge in [-0.15, -0.1) is 0 Å². The fourth-order valence-corrected chi connectivity index (χ4v) is 3.68. The maximum Gasteiger partial charge on any atom is 0.327 e. The maximum absolute atomic E-state index is 12.9. The fraction of sp³-hybridized carbons (Fsp3) is 0.500. The number of benzene rings is 1. The maximum atomic E-state index is 12.9. The predicted octanol–water partition coefficient (Wildman–Crippen LogP) is 1.40. The molecule has 112 valence electrons. The molecule has 1 fully saturated rings. The summed E-state index contributed by atoms with van der Waals surface area (Å²) in [5.74, 6) is -0.968. The van der Waals surface area contributed by atoms with Gasteiger partial charge in [-0.25, -0.2) is 4.79 Å². The van der Waals surface area contributed by atoms with Gasteiger partial charge in [0.25, 0.3) is 0 Å². The number of nitrogens with zero attached hydrogens (tertiary/aromatic N) is 1. The van der Waals surface area contributed by atoms with Crippen LogP contribution < -0.4 is 10.6 Å². The molecule has 0 aromatic heterocycles. The van der Waals surface area contributed by atoms with E-state index in [1.165, 1.54) is 4.90 Å². The minimum absolute atomic E-state index is 0.0692. The number of anilines is 1. The SMILES string of the molecule is NCC1CCCC1C(=O)N1c2ccccc2CC1C(=O)O. The van der Waals surface area contributed by atoms with Gasteiger partial charge in [0.15, 0.2) is 0 Å². The Hall–Kier alpha value is -1.88. The first kappa shape index (κ1) is 14.1. The van der Waals surface area contributed by atoms with Crippen LogP contribution in [0.15, 0.2) is 24.3 Å². The van der Waals surface area contributed by atoms with Crippen molar-refractivity contribution in [2.75, 3.05) is 11.4 Å². The lowest BCUT2D eigenvalue weighted by atomic mass is 9.94. The number of carboxylic acids is 1. The second-order valence-corrected chi connectivity index (χ2v) is 5.93. The van der Waals surface area contributed by atoms with Gasteiger partial charge in [0.05, 0.1) is 0 Å². The number of rotatable bonds is 3. The molecule has 0 radical (unpaired) electrons. The summed E-state index contributed by atoms with van der Waals surface area (Å²) < 4.78 is 0. The van der Waals surface area contributed by atoms with E-state index < -0.39 is 12.0 Å². The minimum atomic E-state index is -0.943. The third kappa shape index (κ3) is 2.31. The molecule has 1 amide bonds. The molecule has 1 aliphatic heterocycles. The predicted molar refractivity (Wildman–Crippen MR) is 78.9 cm³/mol. The highest BCUT2D eigenvalue weighted by atomic mass is 16.4. The molecule has 5 nitrogen and oxygen atoms in total. The molecule has 1 aromatic carbocycles. The van der Waals surface area contributed by atoms with E-state index in [4.69, 9.17) is 5.73 Å². The Morgan fingerprint density at radius 2 is 2.05 bits per heavy atom. The smallest absolute Gasteiger partial charge is 0.327 e. The van der Waals surface area contributed by atoms with E-state index in [9.17, 15) is 14.7 Å². The highest BCUT2D eigenvalue weighted by molar-refractivity contribution is 6.03. The fourth-order valence-electron chi connectivity index (χ4n) is 3.68. The zero-order valence-corrected chi connectivity index (χ0v) is 11.9. The monoisotopic (exact) mass is 288 g/mol. The van der Waals surface area contributed by atoms with Crippen LogP contribution in [0.1, 0.15) is 24.8 Å². The quantitative estimate of drug-likeness (QED) is 0.880. The van der Waals surface area contributed by atoms with Crippen molar-refractivity contribution in [1.82, 2.24) is 0 Å². The topological polar surface area (TPSA) is 83.6 Å². The van der Waals surface area contributed by atoms with Gasteiger partial charge in [-0.1, -0.05) is 24.6 Å². The zero-order chi connectivity index (χ0) is 15.0. The van der Waals surface area contributed by atoms with Crippen molar-refractivity contribution < 1.29 is 14.7 Å². The van der Waals surface area contributed by atoms with Crippen molar-refractivity contribution in [2.24, 2.45) is 17.6 Å². The molecule has 3 atom stereocenters. The number of amides is 1. The lowest BCUT2D eigenvalue weighted by molar-refractivity contribution is -0.140. The van der Waals surface area contributed by atoms with Crippen molar-refractivity contribution >= 4 is 17.6 Å². The molecule has 5 heteroatoms. The molecule has 1 aromatic rings.